The van der Waals surface area contributed by atoms with Crippen molar-refractivity contribution in [2.75, 3.05) is 13.2 Å². The molecule has 0 aromatic heterocycles. The monoisotopic (exact) mass is 310 g/mol. The highest BCUT2D eigenvalue weighted by atomic mass is 32.2. The number of thioether (sulfide) groups is 1. The lowest BCUT2D eigenvalue weighted by Crippen LogP contribution is -2.26. The average Bonchev–Trinajstić information content (AvgIpc) is 2.41. The predicted molar refractivity (Wildman–Crippen MR) is 83.4 cm³/mol. The van der Waals surface area contributed by atoms with Gasteiger partial charge in [0.05, 0.1) is 5.25 Å². The molecule has 1 aromatic rings. The van der Waals surface area contributed by atoms with Crippen LogP contribution in [0.3, 0.4) is 0 Å². The lowest BCUT2D eigenvalue weighted by molar-refractivity contribution is -0.160. The summed E-state index contributed by atoms with van der Waals surface area (Å²) in [6.07, 6.45) is 1.47. The van der Waals surface area contributed by atoms with E-state index in [1.54, 1.807) is 0 Å². The van der Waals surface area contributed by atoms with Crippen LogP contribution < -0.4 is 0 Å². The number of hydrogen-bond donors (Lipinski definition) is 0. The first-order chi connectivity index (χ1) is 9.90. The normalized spacial score (nSPS) is 12.7. The molecule has 0 amide bonds. The first-order valence-corrected chi connectivity index (χ1v) is 7.75. The number of rotatable bonds is 8. The van der Waals surface area contributed by atoms with Gasteiger partial charge in [0.15, 0.2) is 0 Å². The Morgan fingerprint density at radius 2 is 1.95 bits per heavy atom. The molecular formula is C16H22O4S. The second-order valence-electron chi connectivity index (χ2n) is 5.53. The van der Waals surface area contributed by atoms with Crippen molar-refractivity contribution in [3.63, 3.8) is 0 Å². The zero-order chi connectivity index (χ0) is 15.7. The van der Waals surface area contributed by atoms with E-state index in [1.165, 1.54) is 11.8 Å². The Bertz CT molecular complexity index is 439. The molecule has 0 fully saturated rings. The summed E-state index contributed by atoms with van der Waals surface area (Å²) in [5.74, 6) is -0.388. The summed E-state index contributed by atoms with van der Waals surface area (Å²) < 4.78 is 10.4. The Hall–Kier alpha value is -1.33. The van der Waals surface area contributed by atoms with E-state index in [0.29, 0.717) is 13.0 Å². The van der Waals surface area contributed by atoms with Gasteiger partial charge >= 0.3 is 5.97 Å². The quantitative estimate of drug-likeness (QED) is 0.320. The van der Waals surface area contributed by atoms with Crippen molar-refractivity contribution in [3.05, 3.63) is 30.3 Å². The molecule has 0 saturated heterocycles. The Morgan fingerprint density at radius 3 is 2.52 bits per heavy atom. The zero-order valence-electron chi connectivity index (χ0n) is 12.7. The molecule has 116 valence electrons. The van der Waals surface area contributed by atoms with Crippen molar-refractivity contribution in [2.24, 2.45) is 0 Å². The van der Waals surface area contributed by atoms with Gasteiger partial charge in [0.1, 0.15) is 18.5 Å². The lowest BCUT2D eigenvalue weighted by atomic mass is 10.2. The van der Waals surface area contributed by atoms with Crippen LogP contribution in [0.4, 0.5) is 0 Å². The Kier molecular flexibility index (Phi) is 7.47. The summed E-state index contributed by atoms with van der Waals surface area (Å²) in [6, 6.07) is 9.72. The molecule has 1 aromatic carbocycles. The molecule has 0 radical (unpaired) electrons. The van der Waals surface area contributed by atoms with Crippen molar-refractivity contribution in [1.82, 2.24) is 0 Å². The minimum atomic E-state index is -0.505. The molecule has 4 nitrogen and oxygen atoms in total. The fourth-order valence-electron chi connectivity index (χ4n) is 1.55. The van der Waals surface area contributed by atoms with Crippen molar-refractivity contribution < 1.29 is 19.1 Å². The molecule has 21 heavy (non-hydrogen) atoms. The fourth-order valence-corrected chi connectivity index (χ4v) is 2.49. The number of benzene rings is 1. The van der Waals surface area contributed by atoms with Crippen LogP contribution in [-0.4, -0.2) is 36.3 Å². The van der Waals surface area contributed by atoms with Gasteiger partial charge < -0.3 is 14.3 Å². The topological polar surface area (TPSA) is 52.6 Å². The van der Waals surface area contributed by atoms with Gasteiger partial charge in [0.2, 0.25) is 0 Å². The van der Waals surface area contributed by atoms with Crippen LogP contribution in [0.2, 0.25) is 0 Å². The van der Waals surface area contributed by atoms with Crippen molar-refractivity contribution >= 4 is 24.0 Å². The molecule has 1 unspecified atom stereocenters. The summed E-state index contributed by atoms with van der Waals surface area (Å²) in [7, 11) is 0. The second kappa shape index (κ2) is 8.85. The van der Waals surface area contributed by atoms with Crippen LogP contribution in [0.25, 0.3) is 0 Å². The number of carbonyl (C=O) groups excluding carboxylic acids is 2. The van der Waals surface area contributed by atoms with Crippen molar-refractivity contribution in [3.8, 4) is 0 Å². The maximum Gasteiger partial charge on any atom is 0.332 e. The lowest BCUT2D eigenvalue weighted by Gasteiger charge is -2.19. The van der Waals surface area contributed by atoms with E-state index >= 15 is 0 Å². The highest BCUT2D eigenvalue weighted by Crippen LogP contribution is 2.23. The van der Waals surface area contributed by atoms with Crippen LogP contribution in [0.15, 0.2) is 35.2 Å². The van der Waals surface area contributed by atoms with Crippen LogP contribution in [0.5, 0.6) is 0 Å². The second-order valence-corrected chi connectivity index (χ2v) is 6.85. The highest BCUT2D eigenvalue weighted by molar-refractivity contribution is 8.00. The minimum absolute atomic E-state index is 0.0845. The SMILES string of the molecule is CC(C)(C)OC(=O)COCCC(C=O)Sc1ccccc1. The Balaban J connectivity index is 2.24. The number of aldehydes is 1. The Labute approximate surface area is 130 Å². The third kappa shape index (κ3) is 8.52. The summed E-state index contributed by atoms with van der Waals surface area (Å²) in [5.41, 5.74) is -0.505. The molecule has 0 aliphatic rings. The van der Waals surface area contributed by atoms with Gasteiger partial charge in [-0.1, -0.05) is 18.2 Å². The first kappa shape index (κ1) is 17.7. The van der Waals surface area contributed by atoms with E-state index in [4.69, 9.17) is 9.47 Å². The highest BCUT2D eigenvalue weighted by Gasteiger charge is 2.16. The fraction of sp³-hybridized carbons (Fsp3) is 0.500. The summed E-state index contributed by atoms with van der Waals surface area (Å²) in [5, 5.41) is -0.175. The number of carbonyl (C=O) groups is 2. The molecule has 0 aliphatic carbocycles. The summed E-state index contributed by atoms with van der Waals surface area (Å²) in [4.78, 5) is 23.5. The smallest absolute Gasteiger partial charge is 0.332 e. The number of hydrogen-bond acceptors (Lipinski definition) is 5. The van der Waals surface area contributed by atoms with E-state index < -0.39 is 5.60 Å². The standard InChI is InChI=1S/C16H22O4S/c1-16(2,3)20-15(18)12-19-10-9-14(11-17)21-13-7-5-4-6-8-13/h4-8,11,14H,9-10,12H2,1-3H3. The van der Waals surface area contributed by atoms with Gasteiger partial charge in [-0.3, -0.25) is 0 Å². The van der Waals surface area contributed by atoms with Gasteiger partial charge in [-0.25, -0.2) is 4.79 Å². The summed E-state index contributed by atoms with van der Waals surface area (Å²) in [6.45, 7) is 5.69. The Morgan fingerprint density at radius 1 is 1.29 bits per heavy atom. The third-order valence-corrected chi connectivity index (χ3v) is 3.56. The van der Waals surface area contributed by atoms with Crippen molar-refractivity contribution in [2.45, 2.75) is 42.9 Å². The van der Waals surface area contributed by atoms with E-state index in [0.717, 1.165) is 11.2 Å². The zero-order valence-corrected chi connectivity index (χ0v) is 13.5. The van der Waals surface area contributed by atoms with Crippen LogP contribution >= 0.6 is 11.8 Å². The van der Waals surface area contributed by atoms with E-state index in [9.17, 15) is 9.59 Å². The molecule has 0 saturated carbocycles. The molecule has 1 rings (SSSR count). The average molecular weight is 310 g/mol. The molecule has 1 atom stereocenters. The van der Waals surface area contributed by atoms with E-state index in [2.05, 4.69) is 0 Å². The number of esters is 1. The molecule has 0 N–H and O–H groups in total. The van der Waals surface area contributed by atoms with Crippen molar-refractivity contribution in [1.29, 1.82) is 0 Å². The maximum atomic E-state index is 11.4. The van der Waals surface area contributed by atoms with Gasteiger partial charge in [0, 0.05) is 11.5 Å². The maximum absolute atomic E-state index is 11.4. The van der Waals surface area contributed by atoms with Crippen LogP contribution in [-0.2, 0) is 19.1 Å². The molecule has 0 aliphatic heterocycles. The van der Waals surface area contributed by atoms with Crippen LogP contribution in [0, 0.1) is 0 Å². The number of ether oxygens (including phenoxy) is 2. The van der Waals surface area contributed by atoms with Gasteiger partial charge in [0.25, 0.3) is 0 Å². The first-order valence-electron chi connectivity index (χ1n) is 6.87. The van der Waals surface area contributed by atoms with Gasteiger partial charge in [-0.15, -0.1) is 11.8 Å². The van der Waals surface area contributed by atoms with Gasteiger partial charge in [-0.2, -0.15) is 0 Å². The predicted octanol–water partition coefficient (Wildman–Crippen LogP) is 3.09. The van der Waals surface area contributed by atoms with E-state index in [-0.39, 0.29) is 17.8 Å². The minimum Gasteiger partial charge on any atom is -0.458 e. The molecule has 0 bridgehead atoms. The molecule has 0 heterocycles. The van der Waals surface area contributed by atoms with Gasteiger partial charge in [-0.05, 0) is 39.3 Å². The molecular weight excluding hydrogens is 288 g/mol. The van der Waals surface area contributed by atoms with Crippen LogP contribution in [0.1, 0.15) is 27.2 Å². The largest absolute Gasteiger partial charge is 0.458 e. The van der Waals surface area contributed by atoms with E-state index in [1.807, 2.05) is 51.1 Å². The summed E-state index contributed by atoms with van der Waals surface area (Å²) >= 11 is 1.49. The molecule has 0 spiro atoms. The molecule has 5 heteroatoms. The third-order valence-electron chi connectivity index (χ3n) is 2.37.